The van der Waals surface area contributed by atoms with Crippen LogP contribution in [0.3, 0.4) is 0 Å². The molecule has 1 heterocycles. The monoisotopic (exact) mass is 326 g/mol. The second-order valence-electron chi connectivity index (χ2n) is 5.94. The summed E-state index contributed by atoms with van der Waals surface area (Å²) >= 11 is 0. The highest BCUT2D eigenvalue weighted by Crippen LogP contribution is 2.20. The Hall–Kier alpha value is -2.17. The van der Waals surface area contributed by atoms with Crippen molar-refractivity contribution in [1.82, 2.24) is 0 Å². The second-order valence-corrected chi connectivity index (χ2v) is 5.94. The molecule has 0 bridgehead atoms. The average Bonchev–Trinajstić information content (AvgIpc) is 2.63. The third-order valence-corrected chi connectivity index (χ3v) is 4.03. The van der Waals surface area contributed by atoms with Crippen LogP contribution >= 0.6 is 0 Å². The molecule has 3 rings (SSSR count). The number of carbonyl (C=O) groups is 1. The van der Waals surface area contributed by atoms with Gasteiger partial charge in [0.15, 0.2) is 0 Å². The summed E-state index contributed by atoms with van der Waals surface area (Å²) in [5.41, 5.74) is 1.16. The zero-order valence-electron chi connectivity index (χ0n) is 13.6. The fourth-order valence-corrected chi connectivity index (χ4v) is 2.71. The maximum Gasteiger partial charge on any atom is 0.313 e. The molecule has 1 aliphatic rings. The van der Waals surface area contributed by atoms with Crippen LogP contribution in [-0.2, 0) is 20.9 Å². The number of rotatable bonds is 6. The molecule has 0 amide bonds. The smallest absolute Gasteiger partial charge is 0.313 e. The van der Waals surface area contributed by atoms with E-state index in [1.165, 1.54) is 0 Å². The van der Waals surface area contributed by atoms with Gasteiger partial charge in [0.1, 0.15) is 5.75 Å². The summed E-state index contributed by atoms with van der Waals surface area (Å²) in [6, 6.07) is 19.2. The minimum absolute atomic E-state index is 0.0854. The van der Waals surface area contributed by atoms with E-state index < -0.39 is 0 Å². The van der Waals surface area contributed by atoms with E-state index in [2.05, 4.69) is 0 Å². The lowest BCUT2D eigenvalue weighted by molar-refractivity contribution is -0.142. The topological polar surface area (TPSA) is 44.8 Å². The number of esters is 1. The molecule has 0 radical (unpaired) electrons. The third-order valence-electron chi connectivity index (χ3n) is 4.03. The first-order chi connectivity index (χ1) is 11.8. The van der Waals surface area contributed by atoms with Gasteiger partial charge in [-0.1, -0.05) is 48.5 Å². The third kappa shape index (κ3) is 5.18. The zero-order valence-corrected chi connectivity index (χ0v) is 13.6. The van der Waals surface area contributed by atoms with Crippen molar-refractivity contribution in [2.45, 2.75) is 38.1 Å². The van der Waals surface area contributed by atoms with Gasteiger partial charge in [0.25, 0.3) is 0 Å². The number of carbonyl (C=O) groups excluding carboxylic acids is 1. The Bertz CT molecular complexity index is 619. The molecule has 0 N–H and O–H groups in total. The molecule has 24 heavy (non-hydrogen) atoms. The highest BCUT2D eigenvalue weighted by Gasteiger charge is 2.25. The van der Waals surface area contributed by atoms with E-state index in [1.807, 2.05) is 48.5 Å². The van der Waals surface area contributed by atoms with Gasteiger partial charge in [-0.05, 0) is 30.5 Å². The minimum Gasteiger partial charge on any atom is -0.426 e. The van der Waals surface area contributed by atoms with E-state index in [0.717, 1.165) is 18.4 Å². The molecule has 0 saturated carbocycles. The van der Waals surface area contributed by atoms with E-state index >= 15 is 0 Å². The first kappa shape index (κ1) is 16.7. The van der Waals surface area contributed by atoms with Crippen LogP contribution in [0.5, 0.6) is 5.75 Å². The number of hydrogen-bond acceptors (Lipinski definition) is 4. The van der Waals surface area contributed by atoms with E-state index in [9.17, 15) is 4.79 Å². The standard InChI is InChI=1S/C20H22O4/c21-20(24-17-9-5-2-6-10-17)13-18-11-12-19(15-23-18)22-14-16-7-3-1-4-8-16/h1-10,18-19H,11-15H2/t18-,19+/m1/s1. The lowest BCUT2D eigenvalue weighted by Gasteiger charge is -2.28. The average molecular weight is 326 g/mol. The summed E-state index contributed by atoms with van der Waals surface area (Å²) in [5, 5.41) is 0. The molecule has 4 heteroatoms. The lowest BCUT2D eigenvalue weighted by Crippen LogP contribution is -2.33. The van der Waals surface area contributed by atoms with Gasteiger partial charge < -0.3 is 14.2 Å². The van der Waals surface area contributed by atoms with Crippen LogP contribution in [0.25, 0.3) is 0 Å². The summed E-state index contributed by atoms with van der Waals surface area (Å²) in [4.78, 5) is 11.9. The maximum atomic E-state index is 11.9. The van der Waals surface area contributed by atoms with Crippen molar-refractivity contribution in [3.63, 3.8) is 0 Å². The van der Waals surface area contributed by atoms with E-state index in [4.69, 9.17) is 14.2 Å². The minimum atomic E-state index is -0.255. The molecule has 1 saturated heterocycles. The molecule has 2 aromatic carbocycles. The first-order valence-corrected chi connectivity index (χ1v) is 8.32. The Morgan fingerprint density at radius 3 is 2.38 bits per heavy atom. The molecule has 126 valence electrons. The van der Waals surface area contributed by atoms with Crippen LogP contribution in [0.4, 0.5) is 0 Å². The van der Waals surface area contributed by atoms with Crippen molar-refractivity contribution in [3.8, 4) is 5.75 Å². The second kappa shape index (κ2) is 8.62. The predicted molar refractivity (Wildman–Crippen MR) is 90.7 cm³/mol. The molecule has 1 fully saturated rings. The van der Waals surface area contributed by atoms with E-state index in [-0.39, 0.29) is 24.6 Å². The van der Waals surface area contributed by atoms with E-state index in [0.29, 0.717) is 19.0 Å². The van der Waals surface area contributed by atoms with Gasteiger partial charge in [-0.2, -0.15) is 0 Å². The number of hydrogen-bond donors (Lipinski definition) is 0. The van der Waals surface area contributed by atoms with Crippen LogP contribution < -0.4 is 4.74 Å². The molecule has 0 spiro atoms. The molecular formula is C20H22O4. The van der Waals surface area contributed by atoms with Gasteiger partial charge in [0, 0.05) is 0 Å². The van der Waals surface area contributed by atoms with Crippen molar-refractivity contribution in [3.05, 3.63) is 66.2 Å². The van der Waals surface area contributed by atoms with Gasteiger partial charge in [-0.25, -0.2) is 0 Å². The van der Waals surface area contributed by atoms with Gasteiger partial charge in [0.05, 0.1) is 31.8 Å². The van der Waals surface area contributed by atoms with Gasteiger partial charge in [-0.15, -0.1) is 0 Å². The maximum absolute atomic E-state index is 11.9. The van der Waals surface area contributed by atoms with E-state index in [1.54, 1.807) is 12.1 Å². The van der Waals surface area contributed by atoms with Gasteiger partial charge in [0.2, 0.25) is 0 Å². The highest BCUT2D eigenvalue weighted by atomic mass is 16.6. The molecule has 1 aliphatic heterocycles. The fraction of sp³-hybridized carbons (Fsp3) is 0.350. The Kier molecular flexibility index (Phi) is 5.99. The molecule has 0 unspecified atom stereocenters. The van der Waals surface area contributed by atoms with Crippen molar-refractivity contribution in [1.29, 1.82) is 0 Å². The molecule has 2 atom stereocenters. The summed E-state index contributed by atoms with van der Waals surface area (Å²) in [5.74, 6) is 0.317. The Morgan fingerprint density at radius 2 is 1.71 bits per heavy atom. The van der Waals surface area contributed by atoms with Crippen LogP contribution in [0.15, 0.2) is 60.7 Å². The summed E-state index contributed by atoms with van der Waals surface area (Å²) in [6.45, 7) is 1.12. The number of benzene rings is 2. The Morgan fingerprint density at radius 1 is 1.00 bits per heavy atom. The van der Waals surface area contributed by atoms with Crippen LogP contribution in [-0.4, -0.2) is 24.8 Å². The summed E-state index contributed by atoms with van der Waals surface area (Å²) in [6.07, 6.45) is 1.99. The largest absolute Gasteiger partial charge is 0.426 e. The van der Waals surface area contributed by atoms with Crippen molar-refractivity contribution in [2.75, 3.05) is 6.61 Å². The summed E-state index contributed by atoms with van der Waals surface area (Å²) < 4.78 is 16.9. The molecule has 0 aliphatic carbocycles. The van der Waals surface area contributed by atoms with Crippen molar-refractivity contribution < 1.29 is 19.0 Å². The van der Waals surface area contributed by atoms with Crippen molar-refractivity contribution in [2.24, 2.45) is 0 Å². The SMILES string of the molecule is O=C(C[C@H]1CC[C@H](OCc2ccccc2)CO1)Oc1ccccc1. The summed E-state index contributed by atoms with van der Waals surface area (Å²) in [7, 11) is 0. The first-order valence-electron chi connectivity index (χ1n) is 8.32. The Labute approximate surface area is 142 Å². The normalized spacial score (nSPS) is 20.5. The lowest BCUT2D eigenvalue weighted by atomic mass is 10.0. The molecule has 4 nitrogen and oxygen atoms in total. The predicted octanol–water partition coefficient (Wildman–Crippen LogP) is 3.75. The van der Waals surface area contributed by atoms with Crippen LogP contribution in [0, 0.1) is 0 Å². The fourth-order valence-electron chi connectivity index (χ4n) is 2.71. The number of para-hydroxylation sites is 1. The zero-order chi connectivity index (χ0) is 16.6. The van der Waals surface area contributed by atoms with Gasteiger partial charge in [-0.3, -0.25) is 4.79 Å². The molecule has 2 aromatic rings. The van der Waals surface area contributed by atoms with Crippen LogP contribution in [0.1, 0.15) is 24.8 Å². The number of ether oxygens (including phenoxy) is 3. The van der Waals surface area contributed by atoms with Gasteiger partial charge >= 0.3 is 5.97 Å². The Balaban J connectivity index is 1.36. The van der Waals surface area contributed by atoms with Crippen molar-refractivity contribution >= 4 is 5.97 Å². The highest BCUT2D eigenvalue weighted by molar-refractivity contribution is 5.72. The molecule has 0 aromatic heterocycles. The van der Waals surface area contributed by atoms with Crippen LogP contribution in [0.2, 0.25) is 0 Å². The quantitative estimate of drug-likeness (QED) is 0.599. The molecular weight excluding hydrogens is 304 g/mol.